The normalized spacial score (nSPS) is 12.4. The van der Waals surface area contributed by atoms with E-state index in [1.54, 1.807) is 19.1 Å². The highest BCUT2D eigenvalue weighted by molar-refractivity contribution is 5.84. The fourth-order valence-corrected chi connectivity index (χ4v) is 1.51. The maximum Gasteiger partial charge on any atom is 0.242 e. The number of hydrogen-bond acceptors (Lipinski definition) is 4. The predicted octanol–water partition coefficient (Wildman–Crippen LogP) is 1.98. The van der Waals surface area contributed by atoms with Crippen molar-refractivity contribution in [3.8, 4) is 6.07 Å². The van der Waals surface area contributed by atoms with E-state index in [0.29, 0.717) is 11.4 Å². The van der Waals surface area contributed by atoms with E-state index in [-0.39, 0.29) is 11.4 Å². The van der Waals surface area contributed by atoms with E-state index in [2.05, 4.69) is 21.7 Å². The fraction of sp³-hybridized carbons (Fsp3) is 0.500. The molecule has 2 N–H and O–H groups in total. The van der Waals surface area contributed by atoms with Crippen molar-refractivity contribution < 1.29 is 4.79 Å². The van der Waals surface area contributed by atoms with Crippen LogP contribution in [0.5, 0.6) is 0 Å². The first-order valence-corrected chi connectivity index (χ1v) is 6.19. The largest absolute Gasteiger partial charge is 0.358 e. The molecule has 0 aliphatic rings. The molecule has 5 nitrogen and oxygen atoms in total. The number of aromatic nitrogens is 1. The molecule has 1 heterocycles. The summed E-state index contributed by atoms with van der Waals surface area (Å²) in [7, 11) is 0. The summed E-state index contributed by atoms with van der Waals surface area (Å²) in [6, 6.07) is 5.06. The Kier molecular flexibility index (Phi) is 4.49. The number of hydrogen-bond donors (Lipinski definition) is 2. The molecular formula is C14H20N4O. The second-order valence-electron chi connectivity index (χ2n) is 5.57. The van der Waals surface area contributed by atoms with Crippen LogP contribution in [0.15, 0.2) is 12.1 Å². The molecule has 1 unspecified atom stereocenters. The highest BCUT2D eigenvalue weighted by atomic mass is 16.2. The highest BCUT2D eigenvalue weighted by Gasteiger charge is 2.20. The fourth-order valence-electron chi connectivity index (χ4n) is 1.51. The molecule has 0 saturated heterocycles. The van der Waals surface area contributed by atoms with Crippen LogP contribution in [0.3, 0.4) is 0 Å². The van der Waals surface area contributed by atoms with Gasteiger partial charge in [-0.2, -0.15) is 5.26 Å². The Labute approximate surface area is 114 Å². The molecule has 1 aromatic rings. The summed E-state index contributed by atoms with van der Waals surface area (Å²) in [5.41, 5.74) is 0.941. The van der Waals surface area contributed by atoms with Crippen molar-refractivity contribution in [1.29, 1.82) is 5.26 Å². The first kappa shape index (κ1) is 15.0. The van der Waals surface area contributed by atoms with Crippen LogP contribution in [-0.4, -0.2) is 22.5 Å². The second kappa shape index (κ2) is 5.70. The summed E-state index contributed by atoms with van der Waals surface area (Å²) in [6.45, 7) is 9.34. The molecule has 1 aromatic heterocycles. The minimum absolute atomic E-state index is 0.125. The molecule has 0 saturated carbocycles. The number of rotatable bonds is 3. The number of nitriles is 1. The van der Waals surface area contributed by atoms with Gasteiger partial charge in [0.2, 0.25) is 5.91 Å². The Balaban J connectivity index is 2.83. The van der Waals surface area contributed by atoms with E-state index in [4.69, 9.17) is 5.26 Å². The van der Waals surface area contributed by atoms with Crippen LogP contribution in [0.1, 0.15) is 39.0 Å². The van der Waals surface area contributed by atoms with Crippen LogP contribution in [-0.2, 0) is 4.79 Å². The van der Waals surface area contributed by atoms with Gasteiger partial charge in [-0.25, -0.2) is 4.98 Å². The number of amides is 1. The lowest BCUT2D eigenvalue weighted by Gasteiger charge is -2.24. The lowest BCUT2D eigenvalue weighted by atomic mass is 10.1. The standard InChI is InChI=1S/C14H20N4O/c1-9-6-7-11(8-15)12(16-9)17-10(2)13(19)18-14(3,4)5/h6-7,10H,1-5H3,(H,16,17)(H,18,19). The van der Waals surface area contributed by atoms with Crippen molar-refractivity contribution in [2.24, 2.45) is 0 Å². The van der Waals surface area contributed by atoms with Crippen molar-refractivity contribution >= 4 is 11.7 Å². The van der Waals surface area contributed by atoms with Gasteiger partial charge in [-0.15, -0.1) is 0 Å². The van der Waals surface area contributed by atoms with Crippen LogP contribution in [0.2, 0.25) is 0 Å². The van der Waals surface area contributed by atoms with Gasteiger partial charge in [-0.3, -0.25) is 4.79 Å². The highest BCUT2D eigenvalue weighted by Crippen LogP contribution is 2.13. The third kappa shape index (κ3) is 4.59. The quantitative estimate of drug-likeness (QED) is 0.871. The first-order valence-electron chi connectivity index (χ1n) is 6.19. The molecule has 19 heavy (non-hydrogen) atoms. The number of nitrogens with zero attached hydrogens (tertiary/aromatic N) is 2. The zero-order valence-electron chi connectivity index (χ0n) is 12.0. The molecule has 1 rings (SSSR count). The lowest BCUT2D eigenvalue weighted by molar-refractivity contribution is -0.122. The van der Waals surface area contributed by atoms with Gasteiger partial charge in [0.05, 0.1) is 5.56 Å². The zero-order valence-corrected chi connectivity index (χ0v) is 12.0. The Morgan fingerprint density at radius 3 is 2.58 bits per heavy atom. The van der Waals surface area contributed by atoms with E-state index in [0.717, 1.165) is 5.69 Å². The van der Waals surface area contributed by atoms with Crippen molar-refractivity contribution in [2.75, 3.05) is 5.32 Å². The van der Waals surface area contributed by atoms with E-state index in [9.17, 15) is 4.79 Å². The maximum atomic E-state index is 12.0. The molecule has 102 valence electrons. The molecule has 0 aliphatic carbocycles. The number of nitrogens with one attached hydrogen (secondary N) is 2. The Morgan fingerprint density at radius 1 is 1.42 bits per heavy atom. The number of carbonyl (C=O) groups excluding carboxylic acids is 1. The van der Waals surface area contributed by atoms with Gasteiger partial charge in [0.15, 0.2) is 0 Å². The molecule has 0 fully saturated rings. The zero-order chi connectivity index (χ0) is 14.6. The molecule has 1 amide bonds. The van der Waals surface area contributed by atoms with Crippen molar-refractivity contribution in [3.63, 3.8) is 0 Å². The van der Waals surface area contributed by atoms with Crippen LogP contribution >= 0.6 is 0 Å². The summed E-state index contributed by atoms with van der Waals surface area (Å²) < 4.78 is 0. The molecule has 0 aliphatic heterocycles. The Bertz CT molecular complexity index is 511. The Hall–Kier alpha value is -2.09. The molecule has 0 radical (unpaired) electrons. The molecule has 0 aromatic carbocycles. The SMILES string of the molecule is Cc1ccc(C#N)c(NC(C)C(=O)NC(C)(C)C)n1. The van der Waals surface area contributed by atoms with Gasteiger partial charge < -0.3 is 10.6 Å². The average Bonchev–Trinajstić information content (AvgIpc) is 2.27. The number of anilines is 1. The predicted molar refractivity (Wildman–Crippen MR) is 74.7 cm³/mol. The monoisotopic (exact) mass is 260 g/mol. The van der Waals surface area contributed by atoms with Gasteiger partial charge >= 0.3 is 0 Å². The summed E-state index contributed by atoms with van der Waals surface area (Å²) in [6.07, 6.45) is 0. The lowest BCUT2D eigenvalue weighted by Crippen LogP contribution is -2.47. The van der Waals surface area contributed by atoms with Crippen molar-refractivity contribution in [3.05, 3.63) is 23.4 Å². The van der Waals surface area contributed by atoms with Gasteiger partial charge in [0.1, 0.15) is 17.9 Å². The number of pyridine rings is 1. The first-order chi connectivity index (χ1) is 8.73. The van der Waals surface area contributed by atoms with Crippen molar-refractivity contribution in [1.82, 2.24) is 10.3 Å². The van der Waals surface area contributed by atoms with Crippen LogP contribution < -0.4 is 10.6 Å². The van der Waals surface area contributed by atoms with Gasteiger partial charge in [-0.1, -0.05) is 0 Å². The smallest absolute Gasteiger partial charge is 0.242 e. The van der Waals surface area contributed by atoms with Crippen LogP contribution in [0, 0.1) is 18.3 Å². The molecule has 1 atom stereocenters. The number of aryl methyl sites for hydroxylation is 1. The van der Waals surface area contributed by atoms with E-state index in [1.807, 2.05) is 27.7 Å². The molecule has 0 bridgehead atoms. The van der Waals surface area contributed by atoms with E-state index < -0.39 is 6.04 Å². The van der Waals surface area contributed by atoms with Crippen molar-refractivity contribution in [2.45, 2.75) is 46.2 Å². The average molecular weight is 260 g/mol. The van der Waals surface area contributed by atoms with Gasteiger partial charge in [0, 0.05) is 11.2 Å². The number of carbonyl (C=O) groups is 1. The van der Waals surface area contributed by atoms with E-state index >= 15 is 0 Å². The second-order valence-corrected chi connectivity index (χ2v) is 5.57. The Morgan fingerprint density at radius 2 is 2.05 bits per heavy atom. The van der Waals surface area contributed by atoms with E-state index in [1.165, 1.54) is 0 Å². The van der Waals surface area contributed by atoms with Gasteiger partial charge in [-0.05, 0) is 46.8 Å². The summed E-state index contributed by atoms with van der Waals surface area (Å²) >= 11 is 0. The molecule has 0 spiro atoms. The van der Waals surface area contributed by atoms with Gasteiger partial charge in [0.25, 0.3) is 0 Å². The summed E-state index contributed by atoms with van der Waals surface area (Å²) in [5, 5.41) is 14.9. The maximum absolute atomic E-state index is 12.0. The minimum Gasteiger partial charge on any atom is -0.358 e. The third-order valence-corrected chi connectivity index (χ3v) is 2.40. The topological polar surface area (TPSA) is 77.8 Å². The van der Waals surface area contributed by atoms with Crippen LogP contribution in [0.25, 0.3) is 0 Å². The summed E-state index contributed by atoms with van der Waals surface area (Å²) in [5.74, 6) is 0.318. The third-order valence-electron chi connectivity index (χ3n) is 2.40. The molecule has 5 heteroatoms. The van der Waals surface area contributed by atoms with Crippen LogP contribution in [0.4, 0.5) is 5.82 Å². The minimum atomic E-state index is -0.458. The summed E-state index contributed by atoms with van der Waals surface area (Å²) in [4.78, 5) is 16.2. The molecular weight excluding hydrogens is 240 g/mol.